The third-order valence-electron chi connectivity index (χ3n) is 3.08. The van der Waals surface area contributed by atoms with Crippen LogP contribution in [-0.2, 0) is 0 Å². The van der Waals surface area contributed by atoms with Crippen LogP contribution in [0.3, 0.4) is 0 Å². The first kappa shape index (κ1) is 10.8. The summed E-state index contributed by atoms with van der Waals surface area (Å²) in [6, 6.07) is 5.53. The van der Waals surface area contributed by atoms with Gasteiger partial charge in [-0.2, -0.15) is 5.10 Å². The molecule has 1 aliphatic heterocycles. The van der Waals surface area contributed by atoms with Gasteiger partial charge >= 0.3 is 5.97 Å². The topological polar surface area (TPSA) is 81.6 Å². The number of fused-ring (bicyclic) bond motifs is 1. The number of amidine groups is 1. The minimum Gasteiger partial charge on any atom is -0.476 e. The van der Waals surface area contributed by atoms with Crippen LogP contribution in [0.25, 0.3) is 10.9 Å². The number of likely N-dealkylation sites (N-methyl/N-ethyl adjacent to an activating group) is 1. The third-order valence-corrected chi connectivity index (χ3v) is 3.08. The first-order valence-electron chi connectivity index (χ1n) is 5.64. The van der Waals surface area contributed by atoms with Crippen molar-refractivity contribution in [2.75, 3.05) is 20.1 Å². The van der Waals surface area contributed by atoms with E-state index in [4.69, 9.17) is 5.11 Å². The number of carboxylic acid groups (broad SMARTS) is 1. The van der Waals surface area contributed by atoms with Crippen molar-refractivity contribution >= 4 is 22.7 Å². The minimum atomic E-state index is -1.02. The molecule has 0 fully saturated rings. The number of carboxylic acids is 1. The number of benzene rings is 1. The number of hydrogen-bond acceptors (Lipinski definition) is 4. The summed E-state index contributed by atoms with van der Waals surface area (Å²) in [5.74, 6) is -0.0901. The summed E-state index contributed by atoms with van der Waals surface area (Å²) in [5, 5.41) is 16.1. The van der Waals surface area contributed by atoms with Crippen molar-refractivity contribution in [3.63, 3.8) is 0 Å². The fourth-order valence-electron chi connectivity index (χ4n) is 2.17. The molecule has 18 heavy (non-hydrogen) atoms. The standard InChI is InChI=1S/C12H12N4O2/c1-16-5-4-13-11(16)7-2-3-8-9(6-7)14-15-10(8)12(17)18/h2-3,6H,4-5H2,1H3,(H,14,15)(H,17,18). The van der Waals surface area contributed by atoms with Crippen molar-refractivity contribution < 1.29 is 9.90 Å². The Balaban J connectivity index is 2.10. The fraction of sp³-hybridized carbons (Fsp3) is 0.250. The van der Waals surface area contributed by atoms with Crippen LogP contribution in [0.2, 0.25) is 0 Å². The van der Waals surface area contributed by atoms with Crippen LogP contribution in [0.1, 0.15) is 16.1 Å². The first-order valence-corrected chi connectivity index (χ1v) is 5.64. The largest absolute Gasteiger partial charge is 0.476 e. The van der Waals surface area contributed by atoms with Gasteiger partial charge in [0, 0.05) is 24.5 Å². The van der Waals surface area contributed by atoms with Crippen LogP contribution in [-0.4, -0.2) is 52.1 Å². The van der Waals surface area contributed by atoms with Crippen LogP contribution < -0.4 is 0 Å². The Labute approximate surface area is 103 Å². The van der Waals surface area contributed by atoms with E-state index in [0.29, 0.717) is 10.9 Å². The van der Waals surface area contributed by atoms with Gasteiger partial charge in [-0.05, 0) is 12.1 Å². The molecule has 0 atom stereocenters. The highest BCUT2D eigenvalue weighted by atomic mass is 16.4. The quantitative estimate of drug-likeness (QED) is 0.824. The molecule has 1 aromatic carbocycles. The number of nitrogens with zero attached hydrogens (tertiary/aromatic N) is 3. The second-order valence-corrected chi connectivity index (χ2v) is 4.26. The number of H-pyrrole nitrogens is 1. The maximum Gasteiger partial charge on any atom is 0.357 e. The maximum atomic E-state index is 11.0. The molecule has 3 rings (SSSR count). The second kappa shape index (κ2) is 3.83. The van der Waals surface area contributed by atoms with Gasteiger partial charge in [-0.15, -0.1) is 0 Å². The van der Waals surface area contributed by atoms with Gasteiger partial charge in [0.1, 0.15) is 5.84 Å². The first-order chi connectivity index (χ1) is 8.66. The van der Waals surface area contributed by atoms with Gasteiger partial charge in [0.05, 0.1) is 12.1 Å². The van der Waals surface area contributed by atoms with Crippen molar-refractivity contribution in [3.05, 3.63) is 29.5 Å². The summed E-state index contributed by atoms with van der Waals surface area (Å²) < 4.78 is 0. The minimum absolute atomic E-state index is 0.0539. The Hall–Kier alpha value is -2.37. The van der Waals surface area contributed by atoms with Crippen molar-refractivity contribution in [2.45, 2.75) is 0 Å². The van der Waals surface area contributed by atoms with Crippen LogP contribution >= 0.6 is 0 Å². The predicted molar refractivity (Wildman–Crippen MR) is 67.1 cm³/mol. The Morgan fingerprint density at radius 3 is 3.00 bits per heavy atom. The van der Waals surface area contributed by atoms with E-state index < -0.39 is 5.97 Å². The molecule has 0 radical (unpaired) electrons. The van der Waals surface area contributed by atoms with Gasteiger partial charge in [-0.25, -0.2) is 4.79 Å². The van der Waals surface area contributed by atoms with Gasteiger partial charge in [0.15, 0.2) is 5.69 Å². The lowest BCUT2D eigenvalue weighted by molar-refractivity contribution is 0.0692. The van der Waals surface area contributed by atoms with Gasteiger partial charge in [0.2, 0.25) is 0 Å². The Bertz CT molecular complexity index is 659. The molecule has 0 bridgehead atoms. The van der Waals surface area contributed by atoms with Gasteiger partial charge in [0.25, 0.3) is 0 Å². The molecule has 1 aliphatic rings. The highest BCUT2D eigenvalue weighted by Gasteiger charge is 2.17. The molecule has 1 aromatic heterocycles. The molecule has 6 nitrogen and oxygen atoms in total. The van der Waals surface area contributed by atoms with Crippen molar-refractivity contribution in [1.29, 1.82) is 0 Å². The lowest BCUT2D eigenvalue weighted by Crippen LogP contribution is -2.23. The fourth-order valence-corrected chi connectivity index (χ4v) is 2.17. The number of aliphatic imine (C=N–C) groups is 1. The Morgan fingerprint density at radius 2 is 2.33 bits per heavy atom. The zero-order valence-electron chi connectivity index (χ0n) is 9.84. The molecule has 0 aliphatic carbocycles. The lowest BCUT2D eigenvalue weighted by Gasteiger charge is -2.13. The predicted octanol–water partition coefficient (Wildman–Crippen LogP) is 0.953. The lowest BCUT2D eigenvalue weighted by atomic mass is 10.1. The van der Waals surface area contributed by atoms with Crippen molar-refractivity contribution in [1.82, 2.24) is 15.1 Å². The second-order valence-electron chi connectivity index (χ2n) is 4.26. The number of aromatic amines is 1. The molecule has 0 spiro atoms. The van der Waals surface area contributed by atoms with E-state index in [1.807, 2.05) is 19.2 Å². The van der Waals surface area contributed by atoms with E-state index >= 15 is 0 Å². The van der Waals surface area contributed by atoms with E-state index in [2.05, 4.69) is 20.1 Å². The van der Waals surface area contributed by atoms with E-state index in [0.717, 1.165) is 24.5 Å². The number of hydrogen-bond donors (Lipinski definition) is 2. The Morgan fingerprint density at radius 1 is 1.50 bits per heavy atom. The number of aromatic carboxylic acids is 1. The smallest absolute Gasteiger partial charge is 0.357 e. The molecule has 2 N–H and O–H groups in total. The molecule has 2 aromatic rings. The van der Waals surface area contributed by atoms with E-state index in [1.165, 1.54) is 0 Å². The van der Waals surface area contributed by atoms with Gasteiger partial charge in [-0.3, -0.25) is 10.1 Å². The zero-order valence-corrected chi connectivity index (χ0v) is 9.84. The van der Waals surface area contributed by atoms with Crippen LogP contribution in [0, 0.1) is 0 Å². The molecular formula is C12H12N4O2. The molecule has 0 saturated carbocycles. The normalized spacial score (nSPS) is 15.2. The zero-order chi connectivity index (χ0) is 12.7. The van der Waals surface area contributed by atoms with Crippen molar-refractivity contribution in [3.8, 4) is 0 Å². The highest BCUT2D eigenvalue weighted by Crippen LogP contribution is 2.19. The monoisotopic (exact) mass is 244 g/mol. The average Bonchev–Trinajstić information content (AvgIpc) is 2.93. The third kappa shape index (κ3) is 1.54. The number of nitrogens with one attached hydrogen (secondary N) is 1. The van der Waals surface area contributed by atoms with E-state index in [1.54, 1.807) is 6.07 Å². The maximum absolute atomic E-state index is 11.0. The van der Waals surface area contributed by atoms with E-state index in [-0.39, 0.29) is 5.69 Å². The number of carbonyl (C=O) groups is 1. The summed E-state index contributed by atoms with van der Waals surface area (Å²) in [6.45, 7) is 1.71. The average molecular weight is 244 g/mol. The van der Waals surface area contributed by atoms with Crippen LogP contribution in [0.4, 0.5) is 0 Å². The van der Waals surface area contributed by atoms with Gasteiger partial charge in [-0.1, -0.05) is 6.07 Å². The molecule has 6 heteroatoms. The molecule has 92 valence electrons. The van der Waals surface area contributed by atoms with Crippen molar-refractivity contribution in [2.24, 2.45) is 4.99 Å². The van der Waals surface area contributed by atoms with Crippen LogP contribution in [0.5, 0.6) is 0 Å². The van der Waals surface area contributed by atoms with Crippen LogP contribution in [0.15, 0.2) is 23.2 Å². The summed E-state index contributed by atoms with van der Waals surface area (Å²) in [7, 11) is 1.99. The summed E-state index contributed by atoms with van der Waals surface area (Å²) >= 11 is 0. The van der Waals surface area contributed by atoms with E-state index in [9.17, 15) is 4.79 Å². The Kier molecular flexibility index (Phi) is 2.29. The molecule has 2 heterocycles. The molecule has 0 saturated heterocycles. The SMILES string of the molecule is CN1CCN=C1c1ccc2c(C(=O)O)n[nH]c2c1. The summed E-state index contributed by atoms with van der Waals surface area (Å²) in [5.41, 5.74) is 1.74. The number of rotatable bonds is 2. The molecule has 0 amide bonds. The highest BCUT2D eigenvalue weighted by molar-refractivity contribution is 6.05. The summed E-state index contributed by atoms with van der Waals surface area (Å²) in [4.78, 5) is 17.5. The summed E-state index contributed by atoms with van der Waals surface area (Å²) in [6.07, 6.45) is 0. The molecule has 0 unspecified atom stereocenters. The van der Waals surface area contributed by atoms with Gasteiger partial charge < -0.3 is 10.0 Å². The number of aromatic nitrogens is 2. The molecular weight excluding hydrogens is 232 g/mol.